The van der Waals surface area contributed by atoms with Crippen molar-refractivity contribution in [2.75, 3.05) is 31.1 Å². The lowest BCUT2D eigenvalue weighted by Gasteiger charge is -2.34. The summed E-state index contributed by atoms with van der Waals surface area (Å²) in [5.74, 6) is 0.768. The first-order chi connectivity index (χ1) is 14.5. The summed E-state index contributed by atoms with van der Waals surface area (Å²) in [6.45, 7) is 4.12. The Morgan fingerprint density at radius 3 is 2.10 bits per heavy atom. The van der Waals surface area contributed by atoms with Crippen LogP contribution in [-0.4, -0.2) is 49.1 Å². The first-order valence-corrected chi connectivity index (χ1v) is 12.1. The molecule has 1 aromatic heterocycles. The van der Waals surface area contributed by atoms with E-state index in [0.717, 1.165) is 28.0 Å². The number of hydrogen-bond donors (Lipinski definition) is 0. The molecule has 1 aliphatic rings. The van der Waals surface area contributed by atoms with E-state index in [1.807, 2.05) is 12.1 Å². The minimum Gasteiger partial charge on any atom is -0.352 e. The summed E-state index contributed by atoms with van der Waals surface area (Å²) in [7, 11) is -3.48. The zero-order valence-electron chi connectivity index (χ0n) is 16.7. The van der Waals surface area contributed by atoms with Gasteiger partial charge >= 0.3 is 0 Å². The maximum Gasteiger partial charge on any atom is 0.243 e. The van der Waals surface area contributed by atoms with Gasteiger partial charge in [-0.25, -0.2) is 8.42 Å². The molecule has 3 aromatic rings. The van der Waals surface area contributed by atoms with Gasteiger partial charge in [0, 0.05) is 36.2 Å². The summed E-state index contributed by atoms with van der Waals surface area (Å²) in [5.41, 5.74) is 3.16. The Labute approximate surface area is 185 Å². The highest BCUT2D eigenvalue weighted by atomic mass is 79.9. The SMILES string of the molecule is CCc1ccc(-c2ccc(N3CCN(S(=O)(=O)c4ccc(Br)cc4)CC3)nn2)cc1. The van der Waals surface area contributed by atoms with E-state index >= 15 is 0 Å². The van der Waals surface area contributed by atoms with Gasteiger partial charge in [0.1, 0.15) is 0 Å². The van der Waals surface area contributed by atoms with Crippen LogP contribution in [0.5, 0.6) is 0 Å². The van der Waals surface area contributed by atoms with Gasteiger partial charge in [0.25, 0.3) is 0 Å². The third kappa shape index (κ3) is 4.40. The normalized spacial score (nSPS) is 15.3. The van der Waals surface area contributed by atoms with Crippen molar-refractivity contribution in [1.29, 1.82) is 0 Å². The standard InChI is InChI=1S/C22H23BrN4O2S/c1-2-17-3-5-18(6-4-17)21-11-12-22(25-24-21)26-13-15-27(16-14-26)30(28,29)20-9-7-19(23)8-10-20/h3-12H,2,13-16H2,1H3. The first-order valence-electron chi connectivity index (χ1n) is 9.91. The van der Waals surface area contributed by atoms with Gasteiger partial charge in [-0.05, 0) is 48.4 Å². The van der Waals surface area contributed by atoms with Gasteiger partial charge in [0.05, 0.1) is 10.6 Å². The molecule has 0 spiro atoms. The van der Waals surface area contributed by atoms with Crippen molar-refractivity contribution in [2.45, 2.75) is 18.2 Å². The van der Waals surface area contributed by atoms with Crippen LogP contribution in [0.25, 0.3) is 11.3 Å². The predicted octanol–water partition coefficient (Wildman–Crippen LogP) is 3.98. The lowest BCUT2D eigenvalue weighted by molar-refractivity contribution is 0.383. The number of aryl methyl sites for hydroxylation is 1. The molecule has 30 heavy (non-hydrogen) atoms. The lowest BCUT2D eigenvalue weighted by Crippen LogP contribution is -2.48. The largest absolute Gasteiger partial charge is 0.352 e. The number of rotatable bonds is 5. The Bertz CT molecular complexity index is 1090. The van der Waals surface area contributed by atoms with Crippen LogP contribution in [0.4, 0.5) is 5.82 Å². The van der Waals surface area contributed by atoms with Crippen LogP contribution in [0.3, 0.4) is 0 Å². The molecule has 6 nitrogen and oxygen atoms in total. The maximum atomic E-state index is 12.9. The van der Waals surface area contributed by atoms with E-state index < -0.39 is 10.0 Å². The summed E-state index contributed by atoms with van der Waals surface area (Å²) >= 11 is 3.34. The molecule has 0 saturated carbocycles. The molecule has 0 radical (unpaired) electrons. The van der Waals surface area contributed by atoms with Gasteiger partial charge in [0.15, 0.2) is 5.82 Å². The number of halogens is 1. The molecule has 0 bridgehead atoms. The Kier molecular flexibility index (Phi) is 6.17. The molecule has 1 saturated heterocycles. The van der Waals surface area contributed by atoms with Crippen molar-refractivity contribution in [2.24, 2.45) is 0 Å². The van der Waals surface area contributed by atoms with Gasteiger partial charge in [-0.3, -0.25) is 0 Å². The zero-order valence-corrected chi connectivity index (χ0v) is 19.1. The topological polar surface area (TPSA) is 66.4 Å². The van der Waals surface area contributed by atoms with Gasteiger partial charge in [-0.1, -0.05) is 47.1 Å². The van der Waals surface area contributed by atoms with Crippen molar-refractivity contribution in [3.8, 4) is 11.3 Å². The molecule has 0 atom stereocenters. The third-order valence-corrected chi connectivity index (χ3v) is 7.76. The fourth-order valence-electron chi connectivity index (χ4n) is 3.47. The fraction of sp³-hybridized carbons (Fsp3) is 0.273. The summed E-state index contributed by atoms with van der Waals surface area (Å²) in [6, 6.07) is 19.0. The van der Waals surface area contributed by atoms with E-state index in [1.165, 1.54) is 9.87 Å². The molecular formula is C22H23BrN4O2S. The van der Waals surface area contributed by atoms with Crippen LogP contribution in [0.1, 0.15) is 12.5 Å². The monoisotopic (exact) mass is 486 g/mol. The second-order valence-corrected chi connectivity index (χ2v) is 10.0. The maximum absolute atomic E-state index is 12.9. The van der Waals surface area contributed by atoms with E-state index in [9.17, 15) is 8.42 Å². The van der Waals surface area contributed by atoms with Crippen molar-refractivity contribution < 1.29 is 8.42 Å². The summed E-state index contributed by atoms with van der Waals surface area (Å²) in [4.78, 5) is 2.39. The molecule has 1 aliphatic heterocycles. The molecule has 0 amide bonds. The van der Waals surface area contributed by atoms with Crippen LogP contribution in [0.15, 0.2) is 70.0 Å². The second-order valence-electron chi connectivity index (χ2n) is 7.17. The molecular weight excluding hydrogens is 464 g/mol. The van der Waals surface area contributed by atoms with Gasteiger partial charge in [-0.2, -0.15) is 4.31 Å². The number of nitrogens with zero attached hydrogens (tertiary/aromatic N) is 4. The Balaban J connectivity index is 1.42. The van der Waals surface area contributed by atoms with Gasteiger partial charge in [0.2, 0.25) is 10.0 Å². The number of benzene rings is 2. The smallest absolute Gasteiger partial charge is 0.243 e. The van der Waals surface area contributed by atoms with Crippen LogP contribution >= 0.6 is 15.9 Å². The number of hydrogen-bond acceptors (Lipinski definition) is 5. The highest BCUT2D eigenvalue weighted by Crippen LogP contribution is 2.23. The van der Waals surface area contributed by atoms with Crippen molar-refractivity contribution in [1.82, 2.24) is 14.5 Å². The lowest BCUT2D eigenvalue weighted by atomic mass is 10.1. The van der Waals surface area contributed by atoms with E-state index in [0.29, 0.717) is 31.1 Å². The molecule has 156 valence electrons. The van der Waals surface area contributed by atoms with Gasteiger partial charge in [-0.15, -0.1) is 10.2 Å². The first kappa shape index (κ1) is 21.0. The molecule has 8 heteroatoms. The predicted molar refractivity (Wildman–Crippen MR) is 122 cm³/mol. The molecule has 4 rings (SSSR count). The minimum atomic E-state index is -3.48. The van der Waals surface area contributed by atoms with Crippen LogP contribution in [0, 0.1) is 0 Å². The minimum absolute atomic E-state index is 0.317. The summed E-state index contributed by atoms with van der Waals surface area (Å²) < 4.78 is 28.1. The average molecular weight is 487 g/mol. The van der Waals surface area contributed by atoms with Crippen LogP contribution < -0.4 is 4.90 Å². The van der Waals surface area contributed by atoms with E-state index in [1.54, 1.807) is 24.3 Å². The van der Waals surface area contributed by atoms with Crippen molar-refractivity contribution >= 4 is 31.8 Å². The van der Waals surface area contributed by atoms with Crippen LogP contribution in [0.2, 0.25) is 0 Å². The quantitative estimate of drug-likeness (QED) is 0.545. The zero-order chi connectivity index (χ0) is 21.1. The van der Waals surface area contributed by atoms with Gasteiger partial charge < -0.3 is 4.90 Å². The summed E-state index contributed by atoms with van der Waals surface area (Å²) in [5, 5.41) is 8.75. The molecule has 0 aliphatic carbocycles. The fourth-order valence-corrected chi connectivity index (χ4v) is 5.16. The molecule has 2 heterocycles. The third-order valence-electron chi connectivity index (χ3n) is 5.32. The van der Waals surface area contributed by atoms with E-state index in [-0.39, 0.29) is 0 Å². The Morgan fingerprint density at radius 2 is 1.53 bits per heavy atom. The number of aromatic nitrogens is 2. The molecule has 1 fully saturated rings. The number of piperazine rings is 1. The Hall–Kier alpha value is -2.29. The van der Waals surface area contributed by atoms with E-state index in [4.69, 9.17) is 0 Å². The van der Waals surface area contributed by atoms with Crippen molar-refractivity contribution in [3.05, 3.63) is 70.7 Å². The second kappa shape index (κ2) is 8.83. The molecule has 0 N–H and O–H groups in total. The van der Waals surface area contributed by atoms with Crippen LogP contribution in [-0.2, 0) is 16.4 Å². The highest BCUT2D eigenvalue weighted by molar-refractivity contribution is 9.10. The summed E-state index contributed by atoms with van der Waals surface area (Å²) in [6.07, 6.45) is 1.01. The average Bonchev–Trinajstić information content (AvgIpc) is 2.80. The number of sulfonamides is 1. The molecule has 2 aromatic carbocycles. The Morgan fingerprint density at radius 1 is 0.867 bits per heavy atom. The number of anilines is 1. The van der Waals surface area contributed by atoms with E-state index in [2.05, 4.69) is 62.2 Å². The highest BCUT2D eigenvalue weighted by Gasteiger charge is 2.29. The van der Waals surface area contributed by atoms with Crippen molar-refractivity contribution in [3.63, 3.8) is 0 Å². The molecule has 0 unspecified atom stereocenters.